The molecule has 0 radical (unpaired) electrons. The molecule has 5 heteroatoms. The lowest BCUT2D eigenvalue weighted by Gasteiger charge is -2.22. The SMILES string of the molecule is CCCN(Cc1ccsc1)C(=O)c1ccc(OCC)c(OCC)c1. The van der Waals surface area contributed by atoms with Crippen molar-refractivity contribution >= 4 is 17.2 Å². The van der Waals surface area contributed by atoms with Crippen molar-refractivity contribution in [2.24, 2.45) is 0 Å². The van der Waals surface area contributed by atoms with Gasteiger partial charge in [0.1, 0.15) is 0 Å². The van der Waals surface area contributed by atoms with Crippen LogP contribution in [-0.2, 0) is 6.54 Å². The molecule has 0 aliphatic rings. The number of amides is 1. The summed E-state index contributed by atoms with van der Waals surface area (Å²) < 4.78 is 11.2. The normalized spacial score (nSPS) is 10.5. The van der Waals surface area contributed by atoms with Crippen molar-refractivity contribution in [3.63, 3.8) is 0 Å². The molecular formula is C19H25NO3S. The van der Waals surface area contributed by atoms with Crippen LogP contribution in [0.2, 0.25) is 0 Å². The van der Waals surface area contributed by atoms with Crippen molar-refractivity contribution in [3.8, 4) is 11.5 Å². The number of nitrogens with zero attached hydrogens (tertiary/aromatic N) is 1. The molecule has 0 aliphatic heterocycles. The van der Waals surface area contributed by atoms with E-state index < -0.39 is 0 Å². The zero-order chi connectivity index (χ0) is 17.4. The number of carbonyl (C=O) groups excluding carboxylic acids is 1. The minimum Gasteiger partial charge on any atom is -0.490 e. The van der Waals surface area contributed by atoms with Crippen LogP contribution >= 0.6 is 11.3 Å². The second-order valence-electron chi connectivity index (χ2n) is 5.39. The largest absolute Gasteiger partial charge is 0.490 e. The van der Waals surface area contributed by atoms with Crippen molar-refractivity contribution < 1.29 is 14.3 Å². The predicted octanol–water partition coefficient (Wildman–Crippen LogP) is 4.60. The Hall–Kier alpha value is -2.01. The fraction of sp³-hybridized carbons (Fsp3) is 0.421. The van der Waals surface area contributed by atoms with E-state index >= 15 is 0 Å². The number of benzene rings is 1. The molecular weight excluding hydrogens is 322 g/mol. The van der Waals surface area contributed by atoms with Crippen LogP contribution in [0.15, 0.2) is 35.0 Å². The highest BCUT2D eigenvalue weighted by Crippen LogP contribution is 2.29. The fourth-order valence-corrected chi connectivity index (χ4v) is 3.15. The summed E-state index contributed by atoms with van der Waals surface area (Å²) in [4.78, 5) is 14.8. The van der Waals surface area contributed by atoms with E-state index in [2.05, 4.69) is 18.4 Å². The molecule has 2 aromatic rings. The Morgan fingerprint density at radius 2 is 1.83 bits per heavy atom. The van der Waals surface area contributed by atoms with Crippen LogP contribution in [0.3, 0.4) is 0 Å². The molecule has 0 fully saturated rings. The molecule has 130 valence electrons. The first-order chi connectivity index (χ1) is 11.7. The first kappa shape index (κ1) is 18.3. The fourth-order valence-electron chi connectivity index (χ4n) is 2.49. The molecule has 0 aliphatic carbocycles. The van der Waals surface area contributed by atoms with Crippen LogP contribution < -0.4 is 9.47 Å². The maximum absolute atomic E-state index is 12.9. The van der Waals surface area contributed by atoms with Gasteiger partial charge in [0.2, 0.25) is 0 Å². The molecule has 4 nitrogen and oxygen atoms in total. The van der Waals surface area contributed by atoms with E-state index in [1.54, 1.807) is 17.4 Å². The number of hydrogen-bond acceptors (Lipinski definition) is 4. The molecule has 0 saturated carbocycles. The van der Waals surface area contributed by atoms with E-state index in [0.29, 0.717) is 36.8 Å². The molecule has 0 atom stereocenters. The molecule has 0 bridgehead atoms. The monoisotopic (exact) mass is 347 g/mol. The van der Waals surface area contributed by atoms with Gasteiger partial charge in [-0.25, -0.2) is 0 Å². The molecule has 1 aromatic heterocycles. The summed E-state index contributed by atoms with van der Waals surface area (Å²) in [6.07, 6.45) is 0.922. The van der Waals surface area contributed by atoms with Gasteiger partial charge in [0.25, 0.3) is 5.91 Å². The summed E-state index contributed by atoms with van der Waals surface area (Å²) in [7, 11) is 0. The minimum atomic E-state index is 0.0204. The minimum absolute atomic E-state index is 0.0204. The highest BCUT2D eigenvalue weighted by Gasteiger charge is 2.18. The molecule has 1 aromatic carbocycles. The van der Waals surface area contributed by atoms with Crippen molar-refractivity contribution in [1.82, 2.24) is 4.90 Å². The van der Waals surface area contributed by atoms with E-state index in [1.165, 1.54) is 0 Å². The zero-order valence-corrected chi connectivity index (χ0v) is 15.4. The third-order valence-electron chi connectivity index (χ3n) is 3.52. The van der Waals surface area contributed by atoms with Gasteiger partial charge in [-0.05, 0) is 60.9 Å². The smallest absolute Gasteiger partial charge is 0.254 e. The molecule has 24 heavy (non-hydrogen) atoms. The highest BCUT2D eigenvalue weighted by atomic mass is 32.1. The predicted molar refractivity (Wildman–Crippen MR) is 98.1 cm³/mol. The van der Waals surface area contributed by atoms with Crippen LogP contribution in [0.25, 0.3) is 0 Å². The van der Waals surface area contributed by atoms with Crippen molar-refractivity contribution in [2.75, 3.05) is 19.8 Å². The van der Waals surface area contributed by atoms with Gasteiger partial charge in [-0.3, -0.25) is 4.79 Å². The van der Waals surface area contributed by atoms with Gasteiger partial charge in [-0.1, -0.05) is 6.92 Å². The van der Waals surface area contributed by atoms with Gasteiger partial charge in [0.05, 0.1) is 13.2 Å². The molecule has 0 spiro atoms. The molecule has 1 heterocycles. The van der Waals surface area contributed by atoms with Gasteiger partial charge in [-0.2, -0.15) is 11.3 Å². The summed E-state index contributed by atoms with van der Waals surface area (Å²) in [5.41, 5.74) is 1.79. The Balaban J connectivity index is 2.22. The summed E-state index contributed by atoms with van der Waals surface area (Å²) in [6.45, 7) is 8.39. The maximum atomic E-state index is 12.9. The second-order valence-corrected chi connectivity index (χ2v) is 6.17. The zero-order valence-electron chi connectivity index (χ0n) is 14.6. The Bertz CT molecular complexity index is 640. The Morgan fingerprint density at radius 3 is 2.46 bits per heavy atom. The third-order valence-corrected chi connectivity index (χ3v) is 4.26. The molecule has 2 rings (SSSR count). The van der Waals surface area contributed by atoms with Crippen LogP contribution in [-0.4, -0.2) is 30.6 Å². The molecule has 0 unspecified atom stereocenters. The lowest BCUT2D eigenvalue weighted by molar-refractivity contribution is 0.0743. The van der Waals surface area contributed by atoms with Crippen molar-refractivity contribution in [2.45, 2.75) is 33.7 Å². The van der Waals surface area contributed by atoms with Crippen molar-refractivity contribution in [1.29, 1.82) is 0 Å². The topological polar surface area (TPSA) is 38.8 Å². The van der Waals surface area contributed by atoms with Crippen LogP contribution in [0.1, 0.15) is 43.1 Å². The molecule has 1 amide bonds. The van der Waals surface area contributed by atoms with Gasteiger partial charge < -0.3 is 14.4 Å². The van der Waals surface area contributed by atoms with E-state index in [0.717, 1.165) is 18.5 Å². The lowest BCUT2D eigenvalue weighted by Crippen LogP contribution is -2.31. The third kappa shape index (κ3) is 4.74. The van der Waals surface area contributed by atoms with Gasteiger partial charge in [-0.15, -0.1) is 0 Å². The Morgan fingerprint density at radius 1 is 1.08 bits per heavy atom. The van der Waals surface area contributed by atoms with Gasteiger partial charge >= 0.3 is 0 Å². The summed E-state index contributed by atoms with van der Waals surface area (Å²) >= 11 is 1.65. The van der Waals surface area contributed by atoms with Crippen LogP contribution in [0.5, 0.6) is 11.5 Å². The summed E-state index contributed by atoms with van der Waals surface area (Å²) in [6, 6.07) is 7.47. The number of ether oxygens (including phenoxy) is 2. The van der Waals surface area contributed by atoms with E-state index in [1.807, 2.05) is 36.3 Å². The number of thiophene rings is 1. The van der Waals surface area contributed by atoms with E-state index in [9.17, 15) is 4.79 Å². The van der Waals surface area contributed by atoms with Crippen LogP contribution in [0.4, 0.5) is 0 Å². The first-order valence-corrected chi connectivity index (χ1v) is 9.33. The Kier molecular flexibility index (Phi) is 7.12. The van der Waals surface area contributed by atoms with E-state index in [4.69, 9.17) is 9.47 Å². The van der Waals surface area contributed by atoms with Gasteiger partial charge in [0.15, 0.2) is 11.5 Å². The van der Waals surface area contributed by atoms with Crippen molar-refractivity contribution in [3.05, 3.63) is 46.2 Å². The van der Waals surface area contributed by atoms with Gasteiger partial charge in [0, 0.05) is 18.7 Å². The van der Waals surface area contributed by atoms with Crippen LogP contribution in [0, 0.1) is 0 Å². The Labute approximate surface area is 148 Å². The summed E-state index contributed by atoms with van der Waals surface area (Å²) in [5.74, 6) is 1.32. The average Bonchev–Trinajstić information content (AvgIpc) is 3.09. The highest BCUT2D eigenvalue weighted by molar-refractivity contribution is 7.07. The van der Waals surface area contributed by atoms with E-state index in [-0.39, 0.29) is 5.91 Å². The number of rotatable bonds is 9. The lowest BCUT2D eigenvalue weighted by atomic mass is 10.1. The maximum Gasteiger partial charge on any atom is 0.254 e. The molecule has 0 saturated heterocycles. The average molecular weight is 347 g/mol. The number of hydrogen-bond donors (Lipinski definition) is 0. The first-order valence-electron chi connectivity index (χ1n) is 8.39. The summed E-state index contributed by atoms with van der Waals surface area (Å²) in [5, 5.41) is 4.12. The number of carbonyl (C=O) groups is 1. The second kappa shape index (κ2) is 9.33. The molecule has 0 N–H and O–H groups in total. The quantitative estimate of drug-likeness (QED) is 0.665. The standard InChI is InChI=1S/C19H25NO3S/c1-4-10-20(13-15-9-11-24-14-15)19(21)16-7-8-17(22-5-2)18(12-16)23-6-3/h7-9,11-12,14H,4-6,10,13H2,1-3H3.